The number of fused-ring (bicyclic) bond motifs is 12. The Labute approximate surface area is 230 Å². The monoisotopic (exact) mass is 509 g/mol. The zero-order chi connectivity index (χ0) is 26.2. The van der Waals surface area contributed by atoms with Crippen molar-refractivity contribution in [2.24, 2.45) is 0 Å². The number of hydrogen-bond donors (Lipinski definition) is 0. The van der Waals surface area contributed by atoms with Crippen LogP contribution in [0.2, 0.25) is 0 Å². The predicted octanol–water partition coefficient (Wildman–Crippen LogP) is 9.56. The van der Waals surface area contributed by atoms with Crippen LogP contribution in [0.15, 0.2) is 140 Å². The third-order valence-corrected chi connectivity index (χ3v) is 8.27. The maximum atomic E-state index is 5.22. The summed E-state index contributed by atoms with van der Waals surface area (Å²) in [6.07, 6.45) is 0. The van der Waals surface area contributed by atoms with Crippen LogP contribution < -0.4 is 0 Å². The first-order valence-corrected chi connectivity index (χ1v) is 13.7. The van der Waals surface area contributed by atoms with Crippen molar-refractivity contribution in [1.82, 2.24) is 14.0 Å². The summed E-state index contributed by atoms with van der Waals surface area (Å²) in [5.41, 5.74) is 8.05. The van der Waals surface area contributed by atoms with Crippen molar-refractivity contribution in [2.45, 2.75) is 0 Å². The van der Waals surface area contributed by atoms with E-state index in [0.29, 0.717) is 0 Å². The van der Waals surface area contributed by atoms with E-state index in [1.807, 2.05) is 6.07 Å². The summed E-state index contributed by atoms with van der Waals surface area (Å²) in [5.74, 6) is 0.917. The van der Waals surface area contributed by atoms with Gasteiger partial charge in [0.05, 0.1) is 33.3 Å². The quantitative estimate of drug-likeness (QED) is 0.213. The van der Waals surface area contributed by atoms with Crippen molar-refractivity contribution in [2.75, 3.05) is 0 Å². The minimum Gasteiger partial charge on any atom is -0.307 e. The Bertz CT molecular complexity index is 2430. The molecule has 186 valence electrons. The predicted molar refractivity (Wildman–Crippen MR) is 167 cm³/mol. The van der Waals surface area contributed by atoms with Gasteiger partial charge in [-0.15, -0.1) is 0 Å². The first-order chi connectivity index (χ1) is 19.9. The Hall–Kier alpha value is -5.41. The Kier molecular flexibility index (Phi) is 4.33. The molecule has 0 fully saturated rings. The maximum Gasteiger partial charge on any atom is 0.138 e. The molecule has 40 heavy (non-hydrogen) atoms. The third kappa shape index (κ3) is 2.86. The molecule has 0 saturated heterocycles. The van der Waals surface area contributed by atoms with Crippen LogP contribution in [-0.2, 0) is 0 Å². The number of aromatic nitrogens is 3. The fourth-order valence-electron chi connectivity index (χ4n) is 6.58. The molecule has 4 aromatic heterocycles. The molecule has 0 amide bonds. The van der Waals surface area contributed by atoms with E-state index in [4.69, 9.17) is 4.98 Å². The van der Waals surface area contributed by atoms with Gasteiger partial charge in [0.25, 0.3) is 0 Å². The molecule has 0 atom stereocenters. The van der Waals surface area contributed by atoms with Crippen LogP contribution in [-0.4, -0.2) is 14.0 Å². The van der Waals surface area contributed by atoms with Gasteiger partial charge in [0.1, 0.15) is 5.82 Å². The van der Waals surface area contributed by atoms with E-state index < -0.39 is 0 Å². The average Bonchev–Trinajstić information content (AvgIpc) is 3.58. The SMILES string of the molecule is c1ccc(-c2cccc(-n3c4ccccc4c4ccc5cc6c7ccccc7c7ccccc7n6c5c43)n2)cc1. The normalized spacial score (nSPS) is 12.0. The zero-order valence-electron chi connectivity index (χ0n) is 21.6. The van der Waals surface area contributed by atoms with Crippen LogP contribution in [0, 0.1) is 0 Å². The van der Waals surface area contributed by atoms with Crippen LogP contribution in [0.3, 0.4) is 0 Å². The highest BCUT2D eigenvalue weighted by molar-refractivity contribution is 6.22. The minimum atomic E-state index is 0.917. The second-order valence-corrected chi connectivity index (χ2v) is 10.4. The van der Waals surface area contributed by atoms with E-state index in [9.17, 15) is 0 Å². The topological polar surface area (TPSA) is 22.2 Å². The van der Waals surface area contributed by atoms with Crippen molar-refractivity contribution in [1.29, 1.82) is 0 Å². The zero-order valence-corrected chi connectivity index (χ0v) is 21.6. The molecule has 0 aliphatic carbocycles. The molecule has 0 radical (unpaired) electrons. The third-order valence-electron chi connectivity index (χ3n) is 8.27. The van der Waals surface area contributed by atoms with Crippen LogP contribution in [0.5, 0.6) is 0 Å². The molecule has 0 unspecified atom stereocenters. The van der Waals surface area contributed by atoms with Gasteiger partial charge < -0.3 is 4.40 Å². The molecular formula is C37H23N3. The van der Waals surface area contributed by atoms with Crippen LogP contribution in [0.25, 0.3) is 77.0 Å². The van der Waals surface area contributed by atoms with Gasteiger partial charge in [-0.2, -0.15) is 0 Å². The summed E-state index contributed by atoms with van der Waals surface area (Å²) in [5, 5.41) is 7.47. The molecule has 0 aliphatic heterocycles. The van der Waals surface area contributed by atoms with E-state index >= 15 is 0 Å². The lowest BCUT2D eigenvalue weighted by atomic mass is 10.1. The number of benzene rings is 5. The molecule has 9 rings (SSSR count). The summed E-state index contributed by atoms with van der Waals surface area (Å²) in [7, 11) is 0. The molecule has 3 heteroatoms. The number of nitrogens with zero attached hydrogens (tertiary/aromatic N) is 3. The fraction of sp³-hybridized carbons (Fsp3) is 0. The summed E-state index contributed by atoms with van der Waals surface area (Å²) in [6, 6.07) is 49.8. The van der Waals surface area contributed by atoms with Gasteiger partial charge in [-0.1, -0.05) is 109 Å². The van der Waals surface area contributed by atoms with Gasteiger partial charge in [-0.3, -0.25) is 4.57 Å². The highest BCUT2D eigenvalue weighted by Crippen LogP contribution is 2.40. The molecule has 0 bridgehead atoms. The summed E-state index contributed by atoms with van der Waals surface area (Å²) in [6.45, 7) is 0. The molecule has 4 heterocycles. The molecule has 0 spiro atoms. The highest BCUT2D eigenvalue weighted by Gasteiger charge is 2.20. The van der Waals surface area contributed by atoms with Gasteiger partial charge in [0.15, 0.2) is 0 Å². The van der Waals surface area contributed by atoms with Gasteiger partial charge in [-0.25, -0.2) is 4.98 Å². The van der Waals surface area contributed by atoms with Crippen LogP contribution in [0.1, 0.15) is 0 Å². The molecule has 0 N–H and O–H groups in total. The fourth-order valence-corrected chi connectivity index (χ4v) is 6.58. The van der Waals surface area contributed by atoms with Gasteiger partial charge in [0.2, 0.25) is 0 Å². The first-order valence-electron chi connectivity index (χ1n) is 13.7. The minimum absolute atomic E-state index is 0.917. The van der Waals surface area contributed by atoms with Crippen LogP contribution in [0.4, 0.5) is 0 Å². The largest absolute Gasteiger partial charge is 0.307 e. The second kappa shape index (κ2) is 8.05. The number of rotatable bonds is 2. The maximum absolute atomic E-state index is 5.22. The highest BCUT2D eigenvalue weighted by atomic mass is 15.1. The smallest absolute Gasteiger partial charge is 0.138 e. The lowest BCUT2D eigenvalue weighted by Gasteiger charge is -2.13. The molecular weight excluding hydrogens is 486 g/mol. The van der Waals surface area contributed by atoms with Crippen LogP contribution >= 0.6 is 0 Å². The molecule has 9 aromatic rings. The van der Waals surface area contributed by atoms with Gasteiger partial charge in [0, 0.05) is 32.5 Å². The summed E-state index contributed by atoms with van der Waals surface area (Å²) in [4.78, 5) is 5.22. The van der Waals surface area contributed by atoms with Gasteiger partial charge >= 0.3 is 0 Å². The summed E-state index contributed by atoms with van der Waals surface area (Å²) >= 11 is 0. The molecule has 0 saturated carbocycles. The van der Waals surface area contributed by atoms with Crippen molar-refractivity contribution >= 4 is 59.9 Å². The number of para-hydroxylation sites is 2. The second-order valence-electron chi connectivity index (χ2n) is 10.4. The van der Waals surface area contributed by atoms with Crippen molar-refractivity contribution in [3.8, 4) is 17.1 Å². The van der Waals surface area contributed by atoms with E-state index in [-0.39, 0.29) is 0 Å². The number of hydrogen-bond acceptors (Lipinski definition) is 1. The molecule has 0 aliphatic rings. The van der Waals surface area contributed by atoms with E-state index in [0.717, 1.165) is 22.6 Å². The van der Waals surface area contributed by atoms with Crippen molar-refractivity contribution in [3.05, 3.63) is 140 Å². The van der Waals surface area contributed by atoms with E-state index in [1.54, 1.807) is 0 Å². The summed E-state index contributed by atoms with van der Waals surface area (Å²) < 4.78 is 4.82. The Morgan fingerprint density at radius 2 is 1.07 bits per heavy atom. The van der Waals surface area contributed by atoms with E-state index in [2.05, 4.69) is 142 Å². The average molecular weight is 510 g/mol. The Balaban J connectivity index is 1.51. The van der Waals surface area contributed by atoms with Gasteiger partial charge in [-0.05, 0) is 35.7 Å². The molecule has 5 aromatic carbocycles. The Morgan fingerprint density at radius 3 is 1.88 bits per heavy atom. The number of pyridine rings is 2. The Morgan fingerprint density at radius 1 is 0.425 bits per heavy atom. The lowest BCUT2D eigenvalue weighted by molar-refractivity contribution is 1.08. The first kappa shape index (κ1) is 21.5. The van der Waals surface area contributed by atoms with Crippen molar-refractivity contribution in [3.63, 3.8) is 0 Å². The lowest BCUT2D eigenvalue weighted by Crippen LogP contribution is -2.00. The molecule has 3 nitrogen and oxygen atoms in total. The van der Waals surface area contributed by atoms with Crippen molar-refractivity contribution < 1.29 is 0 Å². The van der Waals surface area contributed by atoms with E-state index in [1.165, 1.54) is 54.4 Å². The standard InChI is InChI=1S/C37H23N3/c1-2-11-24(12-3-1)31-17-10-20-35(38-31)40-33-19-9-7-16-29(33)30-22-21-25-23-34-28-15-5-4-13-26(28)27-14-6-8-18-32(27)39(34)36(25)37(30)40/h1-23H.